The number of primary amides is 1. The maximum atomic E-state index is 11.5. The molecule has 4 nitrogen and oxygen atoms in total. The molecule has 1 unspecified atom stereocenters. The van der Waals surface area contributed by atoms with Crippen molar-refractivity contribution in [2.75, 3.05) is 23.7 Å². The zero-order valence-corrected chi connectivity index (χ0v) is 10.9. The Hall–Kier alpha value is -1.71. The molecule has 2 rings (SSSR count). The molecule has 0 aliphatic carbocycles. The molecule has 1 aliphatic heterocycles. The average molecular weight is 247 g/mol. The topological polar surface area (TPSA) is 72.3 Å². The van der Waals surface area contributed by atoms with Gasteiger partial charge in [0.1, 0.15) is 0 Å². The van der Waals surface area contributed by atoms with Crippen LogP contribution in [0.2, 0.25) is 0 Å². The highest BCUT2D eigenvalue weighted by atomic mass is 16.1. The molecule has 0 radical (unpaired) electrons. The van der Waals surface area contributed by atoms with Crippen LogP contribution in [0.4, 0.5) is 11.4 Å². The molecule has 1 aromatic carbocycles. The summed E-state index contributed by atoms with van der Waals surface area (Å²) in [6, 6.07) is 5.36. The molecule has 1 aliphatic rings. The Labute approximate surface area is 108 Å². The smallest absolute Gasteiger partial charge is 0.250 e. The van der Waals surface area contributed by atoms with Gasteiger partial charge < -0.3 is 16.4 Å². The quantitative estimate of drug-likeness (QED) is 0.799. The van der Waals surface area contributed by atoms with Gasteiger partial charge in [0, 0.05) is 13.1 Å². The third-order valence-electron chi connectivity index (χ3n) is 3.63. The van der Waals surface area contributed by atoms with E-state index in [0.29, 0.717) is 17.2 Å². The van der Waals surface area contributed by atoms with E-state index in [4.69, 9.17) is 11.5 Å². The molecule has 1 atom stereocenters. The molecule has 0 spiro atoms. The van der Waals surface area contributed by atoms with Crippen LogP contribution in [0, 0.1) is 5.92 Å². The Kier molecular flexibility index (Phi) is 3.75. The van der Waals surface area contributed by atoms with Crippen LogP contribution >= 0.6 is 0 Å². The standard InChI is InChI=1S/C14H21N3O/c1-2-4-10-7-8-17(9-10)13-11(14(16)18)5-3-6-12(13)15/h3,5-6,10H,2,4,7-9,15H2,1H3,(H2,16,18). The molecule has 4 heteroatoms. The van der Waals surface area contributed by atoms with Gasteiger partial charge in [-0.05, 0) is 30.9 Å². The van der Waals surface area contributed by atoms with E-state index in [9.17, 15) is 4.79 Å². The number of hydrogen-bond donors (Lipinski definition) is 2. The van der Waals surface area contributed by atoms with Crippen LogP contribution in [0.15, 0.2) is 18.2 Å². The number of nitrogens with zero attached hydrogens (tertiary/aromatic N) is 1. The molecule has 0 saturated carbocycles. The fourth-order valence-electron chi connectivity index (χ4n) is 2.79. The Morgan fingerprint density at radius 3 is 2.94 bits per heavy atom. The van der Waals surface area contributed by atoms with Crippen LogP contribution in [0.25, 0.3) is 0 Å². The van der Waals surface area contributed by atoms with Gasteiger partial charge in [0.05, 0.1) is 16.9 Å². The highest BCUT2D eigenvalue weighted by Gasteiger charge is 2.26. The van der Waals surface area contributed by atoms with Gasteiger partial charge >= 0.3 is 0 Å². The molecule has 1 fully saturated rings. The van der Waals surface area contributed by atoms with Gasteiger partial charge in [-0.3, -0.25) is 4.79 Å². The van der Waals surface area contributed by atoms with Crippen LogP contribution in [0.5, 0.6) is 0 Å². The Bertz CT molecular complexity index is 445. The maximum Gasteiger partial charge on any atom is 0.250 e. The molecule has 98 valence electrons. The van der Waals surface area contributed by atoms with E-state index in [0.717, 1.165) is 18.8 Å². The average Bonchev–Trinajstić information content (AvgIpc) is 2.77. The van der Waals surface area contributed by atoms with E-state index >= 15 is 0 Å². The molecule has 18 heavy (non-hydrogen) atoms. The number of rotatable bonds is 4. The molecule has 1 aromatic rings. The van der Waals surface area contributed by atoms with Crippen molar-refractivity contribution in [2.45, 2.75) is 26.2 Å². The fraction of sp³-hybridized carbons (Fsp3) is 0.500. The van der Waals surface area contributed by atoms with Crippen molar-refractivity contribution < 1.29 is 4.79 Å². The number of para-hydroxylation sites is 1. The first-order valence-corrected chi connectivity index (χ1v) is 6.56. The van der Waals surface area contributed by atoms with Gasteiger partial charge in [0.25, 0.3) is 5.91 Å². The number of hydrogen-bond acceptors (Lipinski definition) is 3. The monoisotopic (exact) mass is 247 g/mol. The second kappa shape index (κ2) is 5.29. The molecule has 1 saturated heterocycles. The second-order valence-corrected chi connectivity index (χ2v) is 5.00. The van der Waals surface area contributed by atoms with Crippen LogP contribution in [0.3, 0.4) is 0 Å². The summed E-state index contributed by atoms with van der Waals surface area (Å²) >= 11 is 0. The summed E-state index contributed by atoms with van der Waals surface area (Å²) in [6.07, 6.45) is 3.60. The van der Waals surface area contributed by atoms with E-state index in [-0.39, 0.29) is 0 Å². The summed E-state index contributed by atoms with van der Waals surface area (Å²) in [5, 5.41) is 0. The zero-order valence-electron chi connectivity index (χ0n) is 10.9. The fourth-order valence-corrected chi connectivity index (χ4v) is 2.79. The van der Waals surface area contributed by atoms with E-state index in [1.807, 2.05) is 6.07 Å². The highest BCUT2D eigenvalue weighted by molar-refractivity contribution is 6.01. The SMILES string of the molecule is CCCC1CCN(c2c(N)cccc2C(N)=O)C1. The largest absolute Gasteiger partial charge is 0.397 e. The van der Waals surface area contributed by atoms with Crippen LogP contribution in [0.1, 0.15) is 36.5 Å². The second-order valence-electron chi connectivity index (χ2n) is 5.00. The van der Waals surface area contributed by atoms with Crippen molar-refractivity contribution in [1.29, 1.82) is 0 Å². The van der Waals surface area contributed by atoms with Gasteiger partial charge in [0.2, 0.25) is 0 Å². The molecule has 1 heterocycles. The van der Waals surface area contributed by atoms with Crippen molar-refractivity contribution in [3.8, 4) is 0 Å². The zero-order chi connectivity index (χ0) is 13.1. The Balaban J connectivity index is 2.26. The summed E-state index contributed by atoms with van der Waals surface area (Å²) in [6.45, 7) is 4.13. The normalized spacial score (nSPS) is 19.2. The third-order valence-corrected chi connectivity index (χ3v) is 3.63. The number of carbonyl (C=O) groups is 1. The van der Waals surface area contributed by atoms with E-state index in [1.165, 1.54) is 19.3 Å². The van der Waals surface area contributed by atoms with E-state index in [1.54, 1.807) is 12.1 Å². The summed E-state index contributed by atoms with van der Waals surface area (Å²) < 4.78 is 0. The number of anilines is 2. The maximum absolute atomic E-state index is 11.5. The molecular weight excluding hydrogens is 226 g/mol. The lowest BCUT2D eigenvalue weighted by Gasteiger charge is -2.23. The molecule has 0 aromatic heterocycles. The third kappa shape index (κ3) is 2.42. The van der Waals surface area contributed by atoms with Crippen molar-refractivity contribution >= 4 is 17.3 Å². The molecule has 4 N–H and O–H groups in total. The van der Waals surface area contributed by atoms with Crippen LogP contribution in [-0.2, 0) is 0 Å². The van der Waals surface area contributed by atoms with Gasteiger partial charge in [-0.1, -0.05) is 19.4 Å². The van der Waals surface area contributed by atoms with Crippen molar-refractivity contribution in [3.05, 3.63) is 23.8 Å². The van der Waals surface area contributed by atoms with Gasteiger partial charge in [-0.25, -0.2) is 0 Å². The first-order valence-electron chi connectivity index (χ1n) is 6.56. The van der Waals surface area contributed by atoms with Gasteiger partial charge in [-0.15, -0.1) is 0 Å². The molecular formula is C14H21N3O. The van der Waals surface area contributed by atoms with Crippen LogP contribution < -0.4 is 16.4 Å². The summed E-state index contributed by atoms with van der Waals surface area (Å²) in [5.41, 5.74) is 13.4. The lowest BCUT2D eigenvalue weighted by atomic mass is 10.0. The van der Waals surface area contributed by atoms with Gasteiger partial charge in [-0.2, -0.15) is 0 Å². The predicted octanol–water partition coefficient (Wildman–Crippen LogP) is 1.99. The minimum Gasteiger partial charge on any atom is -0.397 e. The Morgan fingerprint density at radius 2 is 2.28 bits per heavy atom. The van der Waals surface area contributed by atoms with Crippen molar-refractivity contribution in [3.63, 3.8) is 0 Å². The molecule has 0 bridgehead atoms. The number of nitrogen functional groups attached to an aromatic ring is 1. The lowest BCUT2D eigenvalue weighted by Crippen LogP contribution is -2.25. The van der Waals surface area contributed by atoms with Crippen LogP contribution in [-0.4, -0.2) is 19.0 Å². The Morgan fingerprint density at radius 1 is 1.50 bits per heavy atom. The molecule has 1 amide bonds. The van der Waals surface area contributed by atoms with Crippen molar-refractivity contribution in [2.24, 2.45) is 11.7 Å². The summed E-state index contributed by atoms with van der Waals surface area (Å²) in [4.78, 5) is 13.7. The van der Waals surface area contributed by atoms with E-state index < -0.39 is 5.91 Å². The first-order chi connectivity index (χ1) is 8.63. The van der Waals surface area contributed by atoms with Crippen molar-refractivity contribution in [1.82, 2.24) is 0 Å². The number of carbonyl (C=O) groups excluding carboxylic acids is 1. The summed E-state index contributed by atoms with van der Waals surface area (Å²) in [7, 11) is 0. The first kappa shape index (κ1) is 12.7. The number of amides is 1. The minimum absolute atomic E-state index is 0.406. The van der Waals surface area contributed by atoms with E-state index in [2.05, 4.69) is 11.8 Å². The number of benzene rings is 1. The summed E-state index contributed by atoms with van der Waals surface area (Å²) in [5.74, 6) is 0.298. The lowest BCUT2D eigenvalue weighted by molar-refractivity contribution is 0.100. The van der Waals surface area contributed by atoms with Gasteiger partial charge in [0.15, 0.2) is 0 Å². The number of nitrogens with two attached hydrogens (primary N) is 2. The minimum atomic E-state index is -0.406. The highest BCUT2D eigenvalue weighted by Crippen LogP contribution is 2.33. The predicted molar refractivity (Wildman–Crippen MR) is 74.6 cm³/mol.